The van der Waals surface area contributed by atoms with Crippen LogP contribution in [0, 0.1) is 4.77 Å². The minimum Gasteiger partial charge on any atom is -0.323 e. The van der Waals surface area contributed by atoms with Crippen LogP contribution in [0.2, 0.25) is 0 Å². The fourth-order valence-electron chi connectivity index (χ4n) is 3.76. The van der Waals surface area contributed by atoms with Crippen molar-refractivity contribution in [3.63, 3.8) is 0 Å². The molecule has 0 radical (unpaired) electrons. The smallest absolute Gasteiger partial charge is 0.263 e. The Hall–Kier alpha value is -0.940. The summed E-state index contributed by atoms with van der Waals surface area (Å²) in [5.41, 5.74) is 1.46. The quantitative estimate of drug-likeness (QED) is 0.805. The van der Waals surface area contributed by atoms with Crippen molar-refractivity contribution in [2.45, 2.75) is 57.4 Å². The van der Waals surface area contributed by atoms with Gasteiger partial charge in [0.2, 0.25) is 0 Å². The Balaban J connectivity index is 1.97. The van der Waals surface area contributed by atoms with E-state index >= 15 is 0 Å². The molecule has 1 saturated carbocycles. The van der Waals surface area contributed by atoms with E-state index in [4.69, 9.17) is 12.2 Å². The van der Waals surface area contributed by atoms with E-state index in [1.54, 1.807) is 11.3 Å². The highest BCUT2D eigenvalue weighted by Gasteiger charge is 2.24. The van der Waals surface area contributed by atoms with E-state index in [9.17, 15) is 4.79 Å². The zero-order chi connectivity index (χ0) is 13.7. The largest absolute Gasteiger partial charge is 0.323 e. The molecule has 2 aliphatic rings. The van der Waals surface area contributed by atoms with Crippen molar-refractivity contribution in [1.29, 1.82) is 0 Å². The molecule has 2 heterocycles. The molecule has 0 atom stereocenters. The average molecular weight is 306 g/mol. The number of H-pyrrole nitrogens is 1. The SMILES string of the molecule is O=c1c2c3c(sc2[nH]c(=S)n1C1CCCCC1)CCC3. The van der Waals surface area contributed by atoms with Gasteiger partial charge in [0.15, 0.2) is 4.77 Å². The molecule has 0 amide bonds. The molecule has 1 N–H and O–H groups in total. The fourth-order valence-corrected chi connectivity index (χ4v) is 5.44. The number of nitrogens with one attached hydrogen (secondary N) is 1. The van der Waals surface area contributed by atoms with Crippen LogP contribution in [0.1, 0.15) is 55.0 Å². The molecule has 20 heavy (non-hydrogen) atoms. The van der Waals surface area contributed by atoms with Gasteiger partial charge in [-0.3, -0.25) is 9.36 Å². The summed E-state index contributed by atoms with van der Waals surface area (Å²) in [4.78, 5) is 18.7. The van der Waals surface area contributed by atoms with Crippen LogP contribution < -0.4 is 5.56 Å². The van der Waals surface area contributed by atoms with Crippen molar-refractivity contribution < 1.29 is 0 Å². The lowest BCUT2D eigenvalue weighted by Gasteiger charge is -2.23. The molecule has 5 heteroatoms. The minimum absolute atomic E-state index is 0.162. The third-order valence-electron chi connectivity index (χ3n) is 4.73. The van der Waals surface area contributed by atoms with Crippen LogP contribution in [-0.2, 0) is 12.8 Å². The number of nitrogens with zero attached hydrogens (tertiary/aromatic N) is 1. The Morgan fingerprint density at radius 3 is 2.75 bits per heavy atom. The number of hydrogen-bond donors (Lipinski definition) is 1. The molecule has 0 spiro atoms. The molecular weight excluding hydrogens is 288 g/mol. The van der Waals surface area contributed by atoms with Gasteiger partial charge in [-0.2, -0.15) is 0 Å². The highest BCUT2D eigenvalue weighted by molar-refractivity contribution is 7.71. The molecule has 0 aliphatic heterocycles. The Morgan fingerprint density at radius 2 is 1.95 bits per heavy atom. The molecule has 3 nitrogen and oxygen atoms in total. The third kappa shape index (κ3) is 1.83. The zero-order valence-electron chi connectivity index (χ0n) is 11.4. The summed E-state index contributed by atoms with van der Waals surface area (Å²) in [6.45, 7) is 0. The molecule has 106 valence electrons. The third-order valence-corrected chi connectivity index (χ3v) is 6.24. The van der Waals surface area contributed by atoms with Gasteiger partial charge in [0.05, 0.1) is 5.39 Å². The van der Waals surface area contributed by atoms with E-state index in [0.29, 0.717) is 10.8 Å². The lowest BCUT2D eigenvalue weighted by atomic mass is 9.95. The summed E-state index contributed by atoms with van der Waals surface area (Å²) in [7, 11) is 0. The van der Waals surface area contributed by atoms with Crippen LogP contribution in [0.3, 0.4) is 0 Å². The van der Waals surface area contributed by atoms with Gasteiger partial charge in [-0.1, -0.05) is 19.3 Å². The van der Waals surface area contributed by atoms with Crippen molar-refractivity contribution >= 4 is 33.8 Å². The lowest BCUT2D eigenvalue weighted by molar-refractivity contribution is 0.342. The maximum atomic E-state index is 13.0. The standard InChI is InChI=1S/C15H18N2OS2/c18-14-12-10-7-4-8-11(10)20-13(12)16-15(19)17(14)9-5-2-1-3-6-9/h9H,1-8H2,(H,16,19). The molecule has 2 aromatic heterocycles. The Bertz CT molecular complexity index is 777. The predicted octanol–water partition coefficient (Wildman–Crippen LogP) is 4.11. The van der Waals surface area contributed by atoms with Gasteiger partial charge in [0, 0.05) is 10.9 Å². The van der Waals surface area contributed by atoms with Crippen molar-refractivity contribution in [1.82, 2.24) is 9.55 Å². The van der Waals surface area contributed by atoms with Crippen molar-refractivity contribution in [3.05, 3.63) is 25.6 Å². The van der Waals surface area contributed by atoms with Crippen LogP contribution in [0.25, 0.3) is 10.2 Å². The molecule has 1 fully saturated rings. The zero-order valence-corrected chi connectivity index (χ0v) is 13.0. The Morgan fingerprint density at radius 1 is 1.15 bits per heavy atom. The number of aromatic nitrogens is 2. The summed E-state index contributed by atoms with van der Waals surface area (Å²) in [6, 6.07) is 0.307. The monoisotopic (exact) mass is 306 g/mol. The van der Waals surface area contributed by atoms with Crippen molar-refractivity contribution in [2.24, 2.45) is 0 Å². The van der Waals surface area contributed by atoms with Gasteiger partial charge in [-0.15, -0.1) is 11.3 Å². The predicted molar refractivity (Wildman–Crippen MR) is 85.4 cm³/mol. The van der Waals surface area contributed by atoms with Gasteiger partial charge in [0.25, 0.3) is 5.56 Å². The molecule has 4 rings (SSSR count). The summed E-state index contributed by atoms with van der Waals surface area (Å²) in [5, 5.41) is 0.932. The molecule has 0 unspecified atom stereocenters. The van der Waals surface area contributed by atoms with E-state index in [2.05, 4.69) is 4.98 Å². The van der Waals surface area contributed by atoms with E-state index < -0.39 is 0 Å². The second kappa shape index (κ2) is 4.81. The first-order valence-electron chi connectivity index (χ1n) is 7.55. The molecule has 0 bridgehead atoms. The molecule has 0 saturated heterocycles. The number of aryl methyl sites for hydroxylation is 2. The first-order chi connectivity index (χ1) is 9.75. The Labute approximate surface area is 126 Å². The minimum atomic E-state index is 0.162. The summed E-state index contributed by atoms with van der Waals surface area (Å²) < 4.78 is 2.50. The van der Waals surface area contributed by atoms with Gasteiger partial charge >= 0.3 is 0 Å². The lowest BCUT2D eigenvalue weighted by Crippen LogP contribution is -2.28. The van der Waals surface area contributed by atoms with Crippen LogP contribution in [0.15, 0.2) is 4.79 Å². The topological polar surface area (TPSA) is 37.8 Å². The maximum Gasteiger partial charge on any atom is 0.263 e. The number of hydrogen-bond acceptors (Lipinski definition) is 3. The summed E-state index contributed by atoms with van der Waals surface area (Å²) in [6.07, 6.45) is 9.27. The van der Waals surface area contributed by atoms with Crippen molar-refractivity contribution in [3.8, 4) is 0 Å². The van der Waals surface area contributed by atoms with E-state index in [-0.39, 0.29) is 5.56 Å². The highest BCUT2D eigenvalue weighted by Crippen LogP contribution is 2.35. The second-order valence-electron chi connectivity index (χ2n) is 5.96. The van der Waals surface area contributed by atoms with E-state index in [0.717, 1.165) is 35.9 Å². The highest BCUT2D eigenvalue weighted by atomic mass is 32.1. The maximum absolute atomic E-state index is 13.0. The van der Waals surface area contributed by atoms with Gasteiger partial charge in [0.1, 0.15) is 4.83 Å². The molecule has 2 aliphatic carbocycles. The fraction of sp³-hybridized carbons (Fsp3) is 0.600. The van der Waals surface area contributed by atoms with Crippen LogP contribution in [-0.4, -0.2) is 9.55 Å². The summed E-state index contributed by atoms with van der Waals surface area (Å²) >= 11 is 7.20. The number of thiophene rings is 1. The van der Waals surface area contributed by atoms with Crippen molar-refractivity contribution in [2.75, 3.05) is 0 Å². The first-order valence-corrected chi connectivity index (χ1v) is 8.77. The summed E-state index contributed by atoms with van der Waals surface area (Å²) in [5.74, 6) is 0. The van der Waals surface area contributed by atoms with Crippen LogP contribution >= 0.6 is 23.6 Å². The van der Waals surface area contributed by atoms with Crippen LogP contribution in [0.5, 0.6) is 0 Å². The van der Waals surface area contributed by atoms with E-state index in [1.807, 2.05) is 4.57 Å². The van der Waals surface area contributed by atoms with Gasteiger partial charge < -0.3 is 4.98 Å². The second-order valence-corrected chi connectivity index (χ2v) is 7.45. The Kier molecular flexibility index (Phi) is 3.07. The number of aromatic amines is 1. The molecule has 2 aromatic rings. The molecule has 0 aromatic carbocycles. The normalized spacial score (nSPS) is 19.6. The van der Waals surface area contributed by atoms with E-state index in [1.165, 1.54) is 36.1 Å². The number of fused-ring (bicyclic) bond motifs is 3. The average Bonchev–Trinajstić information content (AvgIpc) is 2.99. The first kappa shape index (κ1) is 12.8. The van der Waals surface area contributed by atoms with Gasteiger partial charge in [-0.05, 0) is 49.9 Å². The van der Waals surface area contributed by atoms with Gasteiger partial charge in [-0.25, -0.2) is 0 Å². The van der Waals surface area contributed by atoms with Crippen LogP contribution in [0.4, 0.5) is 0 Å². The molecular formula is C15H18N2OS2. The number of rotatable bonds is 1.